The second-order valence-electron chi connectivity index (χ2n) is 6.03. The van der Waals surface area contributed by atoms with Crippen LogP contribution >= 0.6 is 11.6 Å². The van der Waals surface area contributed by atoms with Crippen LogP contribution in [0.4, 0.5) is 0 Å². The summed E-state index contributed by atoms with van der Waals surface area (Å²) in [6.07, 6.45) is 0. The van der Waals surface area contributed by atoms with Crippen LogP contribution in [0.2, 0.25) is 5.15 Å². The van der Waals surface area contributed by atoms with Gasteiger partial charge in [0.25, 0.3) is 5.91 Å². The van der Waals surface area contributed by atoms with E-state index >= 15 is 0 Å². The Labute approximate surface area is 130 Å². The Hall–Kier alpha value is -1.87. The molecule has 1 amide bonds. The molecule has 0 spiro atoms. The summed E-state index contributed by atoms with van der Waals surface area (Å²) in [5.41, 5.74) is 1.28. The smallest absolute Gasteiger partial charge is 0.270 e. The van der Waals surface area contributed by atoms with Crippen molar-refractivity contribution in [2.75, 3.05) is 0 Å². The van der Waals surface area contributed by atoms with E-state index in [4.69, 9.17) is 11.6 Å². The maximum atomic E-state index is 12.4. The van der Waals surface area contributed by atoms with Crippen LogP contribution in [-0.4, -0.2) is 10.9 Å². The fourth-order valence-electron chi connectivity index (χ4n) is 2.19. The summed E-state index contributed by atoms with van der Waals surface area (Å²) in [6.45, 7) is 6.28. The minimum atomic E-state index is -0.221. The number of hydrogen-bond donors (Lipinski definition) is 1. The molecule has 1 aromatic carbocycles. The summed E-state index contributed by atoms with van der Waals surface area (Å²) < 4.78 is 0. The van der Waals surface area contributed by atoms with E-state index < -0.39 is 0 Å². The van der Waals surface area contributed by atoms with Crippen molar-refractivity contribution in [1.82, 2.24) is 10.3 Å². The van der Waals surface area contributed by atoms with Gasteiger partial charge in [0.15, 0.2) is 0 Å². The Balaban J connectivity index is 2.26. The van der Waals surface area contributed by atoms with Crippen molar-refractivity contribution in [2.24, 2.45) is 5.41 Å². The molecule has 2 rings (SSSR count). The largest absolute Gasteiger partial charge is 0.343 e. The first-order chi connectivity index (χ1) is 9.88. The normalized spacial score (nSPS) is 12.8. The van der Waals surface area contributed by atoms with Crippen LogP contribution in [0.3, 0.4) is 0 Å². The lowest BCUT2D eigenvalue weighted by molar-refractivity contribution is 0.0896. The molecule has 0 saturated carbocycles. The number of rotatable bonds is 3. The predicted octanol–water partition coefficient (Wildman–Crippen LogP) is 4.25. The molecule has 1 aromatic heterocycles. The highest BCUT2D eigenvalue weighted by atomic mass is 35.5. The Morgan fingerprint density at radius 2 is 1.76 bits per heavy atom. The summed E-state index contributed by atoms with van der Waals surface area (Å²) in [4.78, 5) is 16.5. The van der Waals surface area contributed by atoms with Crippen molar-refractivity contribution in [1.29, 1.82) is 0 Å². The van der Waals surface area contributed by atoms with Crippen molar-refractivity contribution in [2.45, 2.75) is 26.8 Å². The second kappa shape index (κ2) is 6.27. The number of aromatic nitrogens is 1. The van der Waals surface area contributed by atoms with Gasteiger partial charge in [-0.25, -0.2) is 4.98 Å². The van der Waals surface area contributed by atoms with Gasteiger partial charge in [0.1, 0.15) is 10.8 Å². The van der Waals surface area contributed by atoms with Crippen LogP contribution in [0, 0.1) is 5.41 Å². The number of nitrogens with zero attached hydrogens (tertiary/aromatic N) is 1. The molecule has 1 unspecified atom stereocenters. The number of benzene rings is 1. The maximum absolute atomic E-state index is 12.4. The van der Waals surface area contributed by atoms with E-state index in [1.165, 1.54) is 0 Å². The monoisotopic (exact) mass is 302 g/mol. The third kappa shape index (κ3) is 4.05. The number of pyridine rings is 1. The fraction of sp³-hybridized carbons (Fsp3) is 0.294. The van der Waals surface area contributed by atoms with Gasteiger partial charge >= 0.3 is 0 Å². The summed E-state index contributed by atoms with van der Waals surface area (Å²) in [6, 6.07) is 14.9. The van der Waals surface area contributed by atoms with Crippen LogP contribution in [0.25, 0.3) is 0 Å². The van der Waals surface area contributed by atoms with Gasteiger partial charge in [-0.2, -0.15) is 0 Å². The molecule has 0 saturated heterocycles. The van der Waals surface area contributed by atoms with E-state index in [0.29, 0.717) is 10.8 Å². The van der Waals surface area contributed by atoms with E-state index in [0.717, 1.165) is 5.56 Å². The third-order valence-corrected chi connectivity index (χ3v) is 3.43. The van der Waals surface area contributed by atoms with E-state index in [1.807, 2.05) is 30.3 Å². The third-order valence-electron chi connectivity index (χ3n) is 3.22. The molecule has 3 nitrogen and oxygen atoms in total. The highest BCUT2D eigenvalue weighted by Gasteiger charge is 2.28. The zero-order chi connectivity index (χ0) is 15.5. The number of carbonyl (C=O) groups is 1. The molecule has 4 heteroatoms. The molecule has 0 radical (unpaired) electrons. The maximum Gasteiger partial charge on any atom is 0.270 e. The number of carbonyl (C=O) groups excluding carboxylic acids is 1. The molecule has 1 N–H and O–H groups in total. The Morgan fingerprint density at radius 3 is 2.33 bits per heavy atom. The zero-order valence-electron chi connectivity index (χ0n) is 12.4. The Kier molecular flexibility index (Phi) is 4.63. The average Bonchev–Trinajstić information content (AvgIpc) is 2.44. The highest BCUT2D eigenvalue weighted by molar-refractivity contribution is 6.29. The molecule has 0 bridgehead atoms. The molecule has 0 aliphatic heterocycles. The molecule has 110 valence electrons. The molecule has 0 aliphatic carbocycles. The summed E-state index contributed by atoms with van der Waals surface area (Å²) in [5, 5.41) is 3.37. The highest BCUT2D eigenvalue weighted by Crippen LogP contribution is 2.32. The molecule has 21 heavy (non-hydrogen) atoms. The van der Waals surface area contributed by atoms with Gasteiger partial charge < -0.3 is 5.32 Å². The van der Waals surface area contributed by atoms with Crippen molar-refractivity contribution in [3.63, 3.8) is 0 Å². The van der Waals surface area contributed by atoms with Gasteiger partial charge in [0.05, 0.1) is 6.04 Å². The predicted molar refractivity (Wildman–Crippen MR) is 85.4 cm³/mol. The molecular formula is C17H19ClN2O. The first-order valence-corrected chi connectivity index (χ1v) is 7.24. The standard InChI is InChI=1S/C17H19ClN2O/c1-17(2,3)15(12-8-5-4-6-9-12)20-16(21)13-10-7-11-14(18)19-13/h4-11,15H,1-3H3,(H,20,21). The van der Waals surface area contributed by atoms with E-state index in [-0.39, 0.29) is 17.4 Å². The Bertz CT molecular complexity index is 620. The summed E-state index contributed by atoms with van der Waals surface area (Å²) in [5.74, 6) is -0.221. The Morgan fingerprint density at radius 1 is 1.10 bits per heavy atom. The molecule has 0 aliphatic rings. The zero-order valence-corrected chi connectivity index (χ0v) is 13.2. The molecule has 2 aromatic rings. The average molecular weight is 303 g/mol. The van der Waals surface area contributed by atoms with Crippen molar-refractivity contribution in [3.8, 4) is 0 Å². The minimum absolute atomic E-state index is 0.105. The quantitative estimate of drug-likeness (QED) is 0.861. The topological polar surface area (TPSA) is 42.0 Å². The van der Waals surface area contributed by atoms with Gasteiger partial charge in [-0.05, 0) is 23.1 Å². The van der Waals surface area contributed by atoms with Gasteiger partial charge in [-0.1, -0.05) is 68.8 Å². The van der Waals surface area contributed by atoms with Gasteiger partial charge in [0.2, 0.25) is 0 Å². The van der Waals surface area contributed by atoms with Crippen LogP contribution < -0.4 is 5.32 Å². The fourth-order valence-corrected chi connectivity index (χ4v) is 2.35. The van der Waals surface area contributed by atoms with Gasteiger partial charge in [-0.3, -0.25) is 4.79 Å². The van der Waals surface area contributed by atoms with Crippen molar-refractivity contribution < 1.29 is 4.79 Å². The summed E-state index contributed by atoms with van der Waals surface area (Å²) in [7, 11) is 0. The van der Waals surface area contributed by atoms with Crippen LogP contribution in [0.1, 0.15) is 42.9 Å². The van der Waals surface area contributed by atoms with Gasteiger partial charge in [-0.15, -0.1) is 0 Å². The minimum Gasteiger partial charge on any atom is -0.343 e. The molecular weight excluding hydrogens is 284 g/mol. The second-order valence-corrected chi connectivity index (χ2v) is 6.42. The first-order valence-electron chi connectivity index (χ1n) is 6.86. The SMILES string of the molecule is CC(C)(C)C(NC(=O)c1cccc(Cl)n1)c1ccccc1. The number of hydrogen-bond acceptors (Lipinski definition) is 2. The molecule has 1 atom stereocenters. The number of amides is 1. The van der Waals surface area contributed by atoms with Crippen LogP contribution in [-0.2, 0) is 0 Å². The molecule has 1 heterocycles. The van der Waals surface area contributed by atoms with Crippen LogP contribution in [0.5, 0.6) is 0 Å². The first kappa shape index (κ1) is 15.5. The van der Waals surface area contributed by atoms with E-state index in [9.17, 15) is 4.79 Å². The van der Waals surface area contributed by atoms with Crippen molar-refractivity contribution >= 4 is 17.5 Å². The number of nitrogens with one attached hydrogen (secondary N) is 1. The lowest BCUT2D eigenvalue weighted by Crippen LogP contribution is -2.37. The lowest BCUT2D eigenvalue weighted by atomic mass is 9.82. The van der Waals surface area contributed by atoms with E-state index in [1.54, 1.807) is 18.2 Å². The van der Waals surface area contributed by atoms with Crippen molar-refractivity contribution in [3.05, 3.63) is 64.9 Å². The van der Waals surface area contributed by atoms with Gasteiger partial charge in [0, 0.05) is 0 Å². The summed E-state index contributed by atoms with van der Waals surface area (Å²) >= 11 is 5.84. The van der Waals surface area contributed by atoms with Crippen LogP contribution in [0.15, 0.2) is 48.5 Å². The number of halogens is 1. The molecule has 0 fully saturated rings. The lowest BCUT2D eigenvalue weighted by Gasteiger charge is -2.31. The van der Waals surface area contributed by atoms with E-state index in [2.05, 4.69) is 31.1 Å².